The molecule has 2 heterocycles. The van der Waals surface area contributed by atoms with Crippen LogP contribution in [-0.2, 0) is 16.0 Å². The van der Waals surface area contributed by atoms with Gasteiger partial charge in [-0.05, 0) is 30.2 Å². The summed E-state index contributed by atoms with van der Waals surface area (Å²) in [5.41, 5.74) is 0.934. The highest BCUT2D eigenvalue weighted by Gasteiger charge is 2.26. The van der Waals surface area contributed by atoms with Crippen LogP contribution in [0.3, 0.4) is 0 Å². The van der Waals surface area contributed by atoms with Crippen LogP contribution < -0.4 is 5.56 Å². The van der Waals surface area contributed by atoms with Crippen LogP contribution in [-0.4, -0.2) is 69.1 Å². The largest absolute Gasteiger partial charge is 0.481 e. The fourth-order valence-corrected chi connectivity index (χ4v) is 4.22. The molecule has 182 valence electrons. The van der Waals surface area contributed by atoms with Crippen LogP contribution in [0.15, 0.2) is 47.3 Å². The molecule has 2 N–H and O–H groups in total. The molecule has 0 atom stereocenters. The average molecular weight is 480 g/mol. The van der Waals surface area contributed by atoms with Crippen molar-refractivity contribution in [3.63, 3.8) is 0 Å². The summed E-state index contributed by atoms with van der Waals surface area (Å²) in [7, 11) is 0. The van der Waals surface area contributed by atoms with Crippen molar-refractivity contribution in [3.8, 4) is 0 Å². The normalized spacial score (nSPS) is 13.7. The number of nitrogens with zero attached hydrogens (tertiary/aromatic N) is 3. The molecule has 0 radical (unpaired) electrons. The first-order valence-corrected chi connectivity index (χ1v) is 11.4. The van der Waals surface area contributed by atoms with E-state index in [1.807, 2.05) is 6.07 Å². The second-order valence-electron chi connectivity index (χ2n) is 8.46. The number of aliphatic carboxylic acids is 1. The van der Waals surface area contributed by atoms with Crippen LogP contribution >= 0.6 is 0 Å². The van der Waals surface area contributed by atoms with Crippen molar-refractivity contribution in [1.29, 1.82) is 0 Å². The Balaban J connectivity index is 1.44. The first-order chi connectivity index (χ1) is 16.8. The van der Waals surface area contributed by atoms with E-state index in [0.29, 0.717) is 41.5 Å². The van der Waals surface area contributed by atoms with Crippen molar-refractivity contribution >= 4 is 28.6 Å². The van der Waals surface area contributed by atoms with Gasteiger partial charge < -0.3 is 14.9 Å². The molecule has 2 amide bonds. The Kier molecular flexibility index (Phi) is 7.19. The fourth-order valence-electron chi connectivity index (χ4n) is 4.22. The number of carbonyl (C=O) groups is 3. The number of halogens is 1. The number of aromatic nitrogens is 2. The maximum Gasteiger partial charge on any atom is 0.303 e. The van der Waals surface area contributed by atoms with Crippen LogP contribution in [0.5, 0.6) is 0 Å². The lowest BCUT2D eigenvalue weighted by molar-refractivity contribution is -0.137. The summed E-state index contributed by atoms with van der Waals surface area (Å²) >= 11 is 0. The number of benzene rings is 2. The Hall–Kier alpha value is -4.08. The van der Waals surface area contributed by atoms with E-state index in [0.717, 1.165) is 0 Å². The van der Waals surface area contributed by atoms with Gasteiger partial charge in [-0.2, -0.15) is 5.10 Å². The minimum atomic E-state index is -0.943. The van der Waals surface area contributed by atoms with E-state index in [1.165, 1.54) is 17.0 Å². The summed E-state index contributed by atoms with van der Waals surface area (Å²) < 4.78 is 14.6. The summed E-state index contributed by atoms with van der Waals surface area (Å²) in [5, 5.41) is 16.5. The van der Waals surface area contributed by atoms with Crippen LogP contribution in [0, 0.1) is 5.82 Å². The highest BCUT2D eigenvalue weighted by molar-refractivity contribution is 5.95. The Labute approximate surface area is 200 Å². The summed E-state index contributed by atoms with van der Waals surface area (Å²) in [4.78, 5) is 51.1. The van der Waals surface area contributed by atoms with Crippen molar-refractivity contribution in [1.82, 2.24) is 20.0 Å². The van der Waals surface area contributed by atoms with Gasteiger partial charge in [-0.25, -0.2) is 9.49 Å². The number of fused-ring (bicyclic) bond motifs is 1. The van der Waals surface area contributed by atoms with Crippen molar-refractivity contribution in [2.45, 2.75) is 25.7 Å². The van der Waals surface area contributed by atoms with E-state index in [9.17, 15) is 23.6 Å². The number of carboxylic acids is 1. The molecule has 0 spiro atoms. The number of aromatic amines is 1. The minimum absolute atomic E-state index is 0.0579. The highest BCUT2D eigenvalue weighted by Crippen LogP contribution is 2.20. The maximum absolute atomic E-state index is 14.6. The number of nitrogens with one attached hydrogen (secondary N) is 1. The molecule has 0 bridgehead atoms. The van der Waals surface area contributed by atoms with Gasteiger partial charge in [0.15, 0.2) is 0 Å². The van der Waals surface area contributed by atoms with Crippen molar-refractivity contribution < 1.29 is 23.9 Å². The second-order valence-corrected chi connectivity index (χ2v) is 8.46. The fraction of sp³-hybridized carbons (Fsp3) is 0.320. The molecule has 4 rings (SSSR count). The number of amides is 2. The summed E-state index contributed by atoms with van der Waals surface area (Å²) in [6.07, 6.45) is 0.649. The monoisotopic (exact) mass is 480 g/mol. The smallest absolute Gasteiger partial charge is 0.303 e. The zero-order chi connectivity index (χ0) is 24.9. The van der Waals surface area contributed by atoms with Gasteiger partial charge in [-0.3, -0.25) is 19.2 Å². The zero-order valence-corrected chi connectivity index (χ0v) is 19.0. The van der Waals surface area contributed by atoms with Crippen LogP contribution in [0.2, 0.25) is 0 Å². The van der Waals surface area contributed by atoms with Gasteiger partial charge in [-0.15, -0.1) is 0 Å². The van der Waals surface area contributed by atoms with Crippen LogP contribution in [0.25, 0.3) is 10.8 Å². The predicted molar refractivity (Wildman–Crippen MR) is 126 cm³/mol. The van der Waals surface area contributed by atoms with E-state index in [2.05, 4.69) is 10.2 Å². The molecule has 9 nitrogen and oxygen atoms in total. The first kappa shape index (κ1) is 24.1. The molecular formula is C25H25FN4O5. The highest BCUT2D eigenvalue weighted by atomic mass is 19.1. The van der Waals surface area contributed by atoms with Crippen molar-refractivity contribution in [2.24, 2.45) is 0 Å². The van der Waals surface area contributed by atoms with Crippen molar-refractivity contribution in [2.75, 3.05) is 26.2 Å². The van der Waals surface area contributed by atoms with Gasteiger partial charge in [0.1, 0.15) is 5.82 Å². The van der Waals surface area contributed by atoms with Gasteiger partial charge in [0.25, 0.3) is 11.5 Å². The molecule has 10 heteroatoms. The number of carboxylic acid groups (broad SMARTS) is 1. The molecule has 1 saturated heterocycles. The van der Waals surface area contributed by atoms with Gasteiger partial charge >= 0.3 is 5.97 Å². The lowest BCUT2D eigenvalue weighted by Gasteiger charge is -2.35. The molecule has 0 unspecified atom stereocenters. The molecule has 3 aromatic rings. The Morgan fingerprint density at radius 2 is 1.66 bits per heavy atom. The molecule has 1 aromatic heterocycles. The molecular weight excluding hydrogens is 455 g/mol. The van der Waals surface area contributed by atoms with E-state index in [1.54, 1.807) is 29.2 Å². The summed E-state index contributed by atoms with van der Waals surface area (Å²) in [6.45, 7) is 1.15. The van der Waals surface area contributed by atoms with Gasteiger partial charge in [-0.1, -0.05) is 24.3 Å². The Morgan fingerprint density at radius 1 is 0.971 bits per heavy atom. The quantitative estimate of drug-likeness (QED) is 0.534. The predicted octanol–water partition coefficient (Wildman–Crippen LogP) is 2.19. The zero-order valence-electron chi connectivity index (χ0n) is 19.0. The Bertz CT molecular complexity index is 1330. The number of carbonyl (C=O) groups excluding carboxylic acids is 2. The lowest BCUT2D eigenvalue weighted by atomic mass is 10.0. The topological polar surface area (TPSA) is 124 Å². The van der Waals surface area contributed by atoms with E-state index in [-0.39, 0.29) is 49.4 Å². The summed E-state index contributed by atoms with van der Waals surface area (Å²) in [6, 6.07) is 11.4. The lowest BCUT2D eigenvalue weighted by Crippen LogP contribution is -2.50. The SMILES string of the molecule is O=C(O)CCCC(=O)N1CCN(C(=O)c2cc(Cc3n[nH]c(=O)c4ccccc34)ccc2F)CC1. The van der Waals surface area contributed by atoms with E-state index < -0.39 is 17.7 Å². The maximum atomic E-state index is 14.6. The van der Waals surface area contributed by atoms with Gasteiger partial charge in [0.05, 0.1) is 16.6 Å². The van der Waals surface area contributed by atoms with E-state index >= 15 is 0 Å². The first-order valence-electron chi connectivity index (χ1n) is 11.4. The third-order valence-corrected chi connectivity index (χ3v) is 6.11. The molecule has 1 aliphatic rings. The molecule has 0 aliphatic carbocycles. The van der Waals surface area contributed by atoms with E-state index in [4.69, 9.17) is 5.11 Å². The minimum Gasteiger partial charge on any atom is -0.481 e. The molecule has 1 fully saturated rings. The standard InChI is InChI=1S/C25H25FN4O5/c26-20-9-8-16(15-21-17-4-1-2-5-18(17)24(34)28-27-21)14-19(20)25(35)30-12-10-29(11-13-30)22(31)6-3-7-23(32)33/h1-2,4-5,8-9,14H,3,6-7,10-13,15H2,(H,28,34)(H,32,33). The number of piperazine rings is 1. The molecule has 1 aliphatic heterocycles. The number of hydrogen-bond donors (Lipinski definition) is 2. The third kappa shape index (κ3) is 5.53. The van der Waals surface area contributed by atoms with Crippen LogP contribution in [0.4, 0.5) is 4.39 Å². The average Bonchev–Trinajstić information content (AvgIpc) is 2.86. The number of rotatable bonds is 7. The molecule has 0 saturated carbocycles. The molecule has 35 heavy (non-hydrogen) atoms. The number of hydrogen-bond acceptors (Lipinski definition) is 5. The van der Waals surface area contributed by atoms with Crippen molar-refractivity contribution in [3.05, 3.63) is 75.5 Å². The third-order valence-electron chi connectivity index (χ3n) is 6.11. The molecule has 2 aromatic carbocycles. The van der Waals surface area contributed by atoms with Crippen LogP contribution in [0.1, 0.15) is 40.9 Å². The van der Waals surface area contributed by atoms with Gasteiger partial charge in [0.2, 0.25) is 5.91 Å². The van der Waals surface area contributed by atoms with Gasteiger partial charge in [0, 0.05) is 50.8 Å². The number of H-pyrrole nitrogens is 1. The summed E-state index contributed by atoms with van der Waals surface area (Å²) in [5.74, 6) is -2.18. The second kappa shape index (κ2) is 10.5. The Morgan fingerprint density at radius 3 is 2.37 bits per heavy atom.